The first kappa shape index (κ1) is 11.8. The van der Waals surface area contributed by atoms with Gasteiger partial charge in [-0.05, 0) is 19.3 Å². The van der Waals surface area contributed by atoms with Gasteiger partial charge in [0, 0.05) is 7.05 Å². The van der Waals surface area contributed by atoms with E-state index >= 15 is 0 Å². The van der Waals surface area contributed by atoms with Crippen molar-refractivity contribution in [3.63, 3.8) is 0 Å². The molecule has 1 amide bonds. The SMILES string of the molecule is CCCCOC(=O)N(C)C1(CC#N)CC1. The van der Waals surface area contributed by atoms with Gasteiger partial charge in [-0.2, -0.15) is 5.26 Å². The van der Waals surface area contributed by atoms with Gasteiger partial charge >= 0.3 is 6.09 Å². The number of ether oxygens (including phenoxy) is 1. The van der Waals surface area contributed by atoms with Crippen molar-refractivity contribution in [3.05, 3.63) is 0 Å². The number of hydrogen-bond acceptors (Lipinski definition) is 3. The molecule has 1 fully saturated rings. The molecule has 0 atom stereocenters. The van der Waals surface area contributed by atoms with Crippen LogP contribution in [0.5, 0.6) is 0 Å². The van der Waals surface area contributed by atoms with Crippen LogP contribution in [0.25, 0.3) is 0 Å². The minimum Gasteiger partial charge on any atom is -0.449 e. The molecule has 0 aromatic carbocycles. The van der Waals surface area contributed by atoms with Crippen LogP contribution in [0, 0.1) is 11.3 Å². The van der Waals surface area contributed by atoms with E-state index in [-0.39, 0.29) is 11.6 Å². The molecule has 0 aromatic heterocycles. The lowest BCUT2D eigenvalue weighted by atomic mass is 10.2. The highest BCUT2D eigenvalue weighted by Gasteiger charge is 2.48. The molecule has 0 saturated heterocycles. The minimum atomic E-state index is -0.295. The molecule has 4 heteroatoms. The standard InChI is InChI=1S/C11H18N2O2/c1-3-4-9-15-10(14)13(2)11(5-6-11)7-8-12/h3-7,9H2,1-2H3. The molecular formula is C11H18N2O2. The van der Waals surface area contributed by atoms with E-state index in [1.54, 1.807) is 11.9 Å². The Balaban J connectivity index is 2.36. The predicted octanol–water partition coefficient (Wildman–Crippen LogP) is 2.30. The van der Waals surface area contributed by atoms with Crippen LogP contribution in [-0.2, 0) is 4.74 Å². The van der Waals surface area contributed by atoms with Crippen molar-refractivity contribution in [1.82, 2.24) is 4.90 Å². The highest BCUT2D eigenvalue weighted by molar-refractivity contribution is 5.69. The molecule has 1 saturated carbocycles. The number of carbonyl (C=O) groups excluding carboxylic acids is 1. The van der Waals surface area contributed by atoms with Crippen LogP contribution in [0.3, 0.4) is 0 Å². The van der Waals surface area contributed by atoms with Crippen molar-refractivity contribution in [2.45, 2.75) is 44.6 Å². The van der Waals surface area contributed by atoms with Gasteiger partial charge in [0.15, 0.2) is 0 Å². The molecule has 1 rings (SSSR count). The van der Waals surface area contributed by atoms with Crippen LogP contribution in [0.2, 0.25) is 0 Å². The molecule has 1 aliphatic carbocycles. The Bertz CT molecular complexity index is 266. The summed E-state index contributed by atoms with van der Waals surface area (Å²) in [6, 6.07) is 2.12. The summed E-state index contributed by atoms with van der Waals surface area (Å²) in [6.45, 7) is 2.53. The maximum atomic E-state index is 11.6. The third kappa shape index (κ3) is 2.85. The van der Waals surface area contributed by atoms with E-state index in [1.165, 1.54) is 0 Å². The monoisotopic (exact) mass is 210 g/mol. The zero-order valence-corrected chi connectivity index (χ0v) is 9.45. The number of amides is 1. The molecule has 0 N–H and O–H groups in total. The lowest BCUT2D eigenvalue weighted by molar-refractivity contribution is 0.0916. The minimum absolute atomic E-state index is 0.224. The van der Waals surface area contributed by atoms with Gasteiger partial charge in [0.1, 0.15) is 0 Å². The second-order valence-electron chi connectivity index (χ2n) is 4.09. The molecular weight excluding hydrogens is 192 g/mol. The molecule has 0 spiro atoms. The topological polar surface area (TPSA) is 53.3 Å². The quantitative estimate of drug-likeness (QED) is 0.654. The molecule has 0 heterocycles. The Hall–Kier alpha value is -1.24. The van der Waals surface area contributed by atoms with Crippen molar-refractivity contribution < 1.29 is 9.53 Å². The lowest BCUT2D eigenvalue weighted by Crippen LogP contribution is -2.39. The zero-order chi connectivity index (χ0) is 11.3. The normalized spacial score (nSPS) is 16.6. The fourth-order valence-electron chi connectivity index (χ4n) is 1.52. The van der Waals surface area contributed by atoms with Crippen molar-refractivity contribution in [2.24, 2.45) is 0 Å². The molecule has 84 valence electrons. The van der Waals surface area contributed by atoms with Crippen LogP contribution < -0.4 is 0 Å². The summed E-state index contributed by atoms with van der Waals surface area (Å²) in [5.41, 5.74) is -0.224. The summed E-state index contributed by atoms with van der Waals surface area (Å²) < 4.78 is 5.09. The van der Waals surface area contributed by atoms with Crippen LogP contribution in [0.15, 0.2) is 0 Å². The fourth-order valence-corrected chi connectivity index (χ4v) is 1.52. The summed E-state index contributed by atoms with van der Waals surface area (Å²) >= 11 is 0. The Morgan fingerprint density at radius 1 is 1.60 bits per heavy atom. The number of nitrogens with zero attached hydrogens (tertiary/aromatic N) is 2. The number of carbonyl (C=O) groups is 1. The predicted molar refractivity (Wildman–Crippen MR) is 56.2 cm³/mol. The molecule has 0 bridgehead atoms. The summed E-state index contributed by atoms with van der Waals surface area (Å²) in [6.07, 6.45) is 3.86. The molecule has 0 radical (unpaired) electrons. The van der Waals surface area contributed by atoms with Crippen LogP contribution in [0.4, 0.5) is 4.79 Å². The largest absolute Gasteiger partial charge is 0.449 e. The Labute approximate surface area is 90.8 Å². The van der Waals surface area contributed by atoms with Crippen molar-refractivity contribution in [2.75, 3.05) is 13.7 Å². The van der Waals surface area contributed by atoms with Gasteiger partial charge in [-0.3, -0.25) is 0 Å². The Kier molecular flexibility index (Phi) is 3.96. The smallest absolute Gasteiger partial charge is 0.409 e. The van der Waals surface area contributed by atoms with E-state index in [1.807, 2.05) is 0 Å². The van der Waals surface area contributed by atoms with Gasteiger partial charge in [0.2, 0.25) is 0 Å². The first-order chi connectivity index (χ1) is 7.16. The Morgan fingerprint density at radius 3 is 2.73 bits per heavy atom. The van der Waals surface area contributed by atoms with E-state index < -0.39 is 0 Å². The average Bonchev–Trinajstić information content (AvgIpc) is 2.99. The average molecular weight is 210 g/mol. The summed E-state index contributed by atoms with van der Waals surface area (Å²) in [5.74, 6) is 0. The number of rotatable bonds is 5. The van der Waals surface area contributed by atoms with Gasteiger partial charge in [-0.25, -0.2) is 4.79 Å². The fraction of sp³-hybridized carbons (Fsp3) is 0.818. The molecule has 0 aromatic rings. The second-order valence-corrected chi connectivity index (χ2v) is 4.09. The summed E-state index contributed by atoms with van der Waals surface area (Å²) in [7, 11) is 1.72. The highest BCUT2D eigenvalue weighted by Crippen LogP contribution is 2.43. The lowest BCUT2D eigenvalue weighted by Gasteiger charge is -2.25. The van der Waals surface area contributed by atoms with Gasteiger partial charge in [0.25, 0.3) is 0 Å². The van der Waals surface area contributed by atoms with Gasteiger partial charge < -0.3 is 9.64 Å². The van der Waals surface area contributed by atoms with E-state index in [4.69, 9.17) is 10.00 Å². The van der Waals surface area contributed by atoms with Crippen LogP contribution in [0.1, 0.15) is 39.0 Å². The summed E-state index contributed by atoms with van der Waals surface area (Å²) in [5, 5.41) is 8.66. The zero-order valence-electron chi connectivity index (χ0n) is 9.45. The van der Waals surface area contributed by atoms with Crippen molar-refractivity contribution in [1.29, 1.82) is 5.26 Å². The number of hydrogen-bond donors (Lipinski definition) is 0. The highest BCUT2D eigenvalue weighted by atomic mass is 16.6. The molecule has 15 heavy (non-hydrogen) atoms. The molecule has 4 nitrogen and oxygen atoms in total. The molecule has 1 aliphatic rings. The number of nitriles is 1. The van der Waals surface area contributed by atoms with Gasteiger partial charge in [-0.15, -0.1) is 0 Å². The molecule has 0 aliphatic heterocycles. The van der Waals surface area contributed by atoms with Crippen molar-refractivity contribution in [3.8, 4) is 6.07 Å². The van der Waals surface area contributed by atoms with E-state index in [0.717, 1.165) is 25.7 Å². The van der Waals surface area contributed by atoms with Crippen LogP contribution >= 0.6 is 0 Å². The first-order valence-electron chi connectivity index (χ1n) is 5.44. The van der Waals surface area contributed by atoms with E-state index in [0.29, 0.717) is 13.0 Å². The van der Waals surface area contributed by atoms with E-state index in [9.17, 15) is 4.79 Å². The second kappa shape index (κ2) is 5.01. The number of unbranched alkanes of at least 4 members (excludes halogenated alkanes) is 1. The van der Waals surface area contributed by atoms with Crippen molar-refractivity contribution >= 4 is 6.09 Å². The maximum absolute atomic E-state index is 11.6. The van der Waals surface area contributed by atoms with Crippen LogP contribution in [-0.4, -0.2) is 30.2 Å². The van der Waals surface area contributed by atoms with Gasteiger partial charge in [0.05, 0.1) is 24.6 Å². The Morgan fingerprint density at radius 2 is 2.27 bits per heavy atom. The maximum Gasteiger partial charge on any atom is 0.409 e. The summed E-state index contributed by atoms with van der Waals surface area (Å²) in [4.78, 5) is 13.2. The molecule has 0 unspecified atom stereocenters. The third-order valence-corrected chi connectivity index (χ3v) is 2.94. The van der Waals surface area contributed by atoms with Gasteiger partial charge in [-0.1, -0.05) is 13.3 Å². The van der Waals surface area contributed by atoms with E-state index in [2.05, 4.69) is 13.0 Å². The third-order valence-electron chi connectivity index (χ3n) is 2.94. The first-order valence-corrected chi connectivity index (χ1v) is 5.44.